The molecular weight excluding hydrogens is 240 g/mol. The molecule has 3 N–H and O–H groups in total. The third-order valence-corrected chi connectivity index (χ3v) is 3.22. The van der Waals surface area contributed by atoms with Crippen LogP contribution >= 0.6 is 0 Å². The lowest BCUT2D eigenvalue weighted by Crippen LogP contribution is -1.84. The Morgan fingerprint density at radius 3 is 2.89 bits per heavy atom. The fourth-order valence-electron chi connectivity index (χ4n) is 2.35. The van der Waals surface area contributed by atoms with Crippen LogP contribution in [0, 0.1) is 0 Å². The predicted octanol–water partition coefficient (Wildman–Crippen LogP) is 2.81. The van der Waals surface area contributed by atoms with E-state index in [2.05, 4.69) is 19.9 Å². The minimum Gasteiger partial charge on any atom is -0.494 e. The zero-order valence-electron chi connectivity index (χ0n) is 9.88. The van der Waals surface area contributed by atoms with Gasteiger partial charge in [0.25, 0.3) is 0 Å². The summed E-state index contributed by atoms with van der Waals surface area (Å²) in [6.45, 7) is 0. The first-order chi connectivity index (χ1) is 9.33. The summed E-state index contributed by atoms with van der Waals surface area (Å²) < 4.78 is 0. The van der Waals surface area contributed by atoms with Gasteiger partial charge in [-0.05, 0) is 18.2 Å². The molecule has 0 radical (unpaired) electrons. The highest BCUT2D eigenvalue weighted by molar-refractivity contribution is 5.98. The first-order valence-electron chi connectivity index (χ1n) is 5.93. The van der Waals surface area contributed by atoms with Gasteiger partial charge in [-0.1, -0.05) is 18.2 Å². The number of benzene rings is 1. The summed E-state index contributed by atoms with van der Waals surface area (Å²) in [6.07, 6.45) is 1.61. The van der Waals surface area contributed by atoms with Crippen LogP contribution in [0.2, 0.25) is 0 Å². The summed E-state index contributed by atoms with van der Waals surface area (Å²) in [5.41, 5.74) is 3.84. The van der Waals surface area contributed by atoms with Gasteiger partial charge in [0, 0.05) is 10.9 Å². The molecule has 0 fully saturated rings. The minimum atomic E-state index is 0.132. The molecule has 4 rings (SSSR count). The molecule has 3 aromatic heterocycles. The van der Waals surface area contributed by atoms with E-state index in [9.17, 15) is 5.11 Å². The number of rotatable bonds is 1. The lowest BCUT2D eigenvalue weighted by atomic mass is 10.1. The summed E-state index contributed by atoms with van der Waals surface area (Å²) in [7, 11) is 0. The Kier molecular flexibility index (Phi) is 1.91. The van der Waals surface area contributed by atoms with Gasteiger partial charge in [0.15, 0.2) is 11.5 Å². The number of aromatic amines is 2. The molecule has 3 heterocycles. The zero-order valence-corrected chi connectivity index (χ0v) is 9.88. The van der Waals surface area contributed by atoms with E-state index < -0.39 is 0 Å². The molecule has 0 saturated carbocycles. The molecule has 0 aliphatic carbocycles. The van der Waals surface area contributed by atoms with Crippen molar-refractivity contribution < 1.29 is 5.11 Å². The number of aromatic hydroxyl groups is 1. The van der Waals surface area contributed by atoms with Gasteiger partial charge in [-0.25, -0.2) is 9.97 Å². The van der Waals surface area contributed by atoms with Gasteiger partial charge < -0.3 is 15.1 Å². The second-order valence-corrected chi connectivity index (χ2v) is 4.36. The van der Waals surface area contributed by atoms with Crippen molar-refractivity contribution in [1.82, 2.24) is 19.9 Å². The molecule has 0 saturated heterocycles. The van der Waals surface area contributed by atoms with Crippen molar-refractivity contribution in [2.75, 3.05) is 0 Å². The molecule has 0 amide bonds. The van der Waals surface area contributed by atoms with Crippen LogP contribution in [0.15, 0.2) is 42.7 Å². The minimum absolute atomic E-state index is 0.132. The lowest BCUT2D eigenvalue weighted by molar-refractivity contribution is 0.460. The highest BCUT2D eigenvalue weighted by Crippen LogP contribution is 2.35. The van der Waals surface area contributed by atoms with Crippen LogP contribution in [0.3, 0.4) is 0 Å². The van der Waals surface area contributed by atoms with Gasteiger partial charge >= 0.3 is 0 Å². The summed E-state index contributed by atoms with van der Waals surface area (Å²) in [5, 5.41) is 11.0. The SMILES string of the molecule is Oc1[nH]c2ccccc2c1-c1ccc2nc[nH]c2n1. The van der Waals surface area contributed by atoms with Crippen molar-refractivity contribution in [2.24, 2.45) is 0 Å². The standard InChI is InChI=1S/C14H10N4O/c19-14-12(8-3-1-2-4-9(8)18-14)10-5-6-11-13(17-10)16-7-15-11/h1-7,18-19H,(H,15,16,17). The molecule has 1 aromatic carbocycles. The highest BCUT2D eigenvalue weighted by Gasteiger charge is 2.14. The monoisotopic (exact) mass is 250 g/mol. The van der Waals surface area contributed by atoms with Gasteiger partial charge in [-0.15, -0.1) is 0 Å². The second-order valence-electron chi connectivity index (χ2n) is 4.36. The van der Waals surface area contributed by atoms with Crippen molar-refractivity contribution in [3.05, 3.63) is 42.7 Å². The average molecular weight is 250 g/mol. The van der Waals surface area contributed by atoms with Crippen LogP contribution < -0.4 is 0 Å². The predicted molar refractivity (Wildman–Crippen MR) is 72.8 cm³/mol. The maximum absolute atomic E-state index is 10.1. The number of pyridine rings is 1. The number of nitrogens with zero attached hydrogens (tertiary/aromatic N) is 2. The molecular formula is C14H10N4O. The van der Waals surface area contributed by atoms with Crippen molar-refractivity contribution in [3.63, 3.8) is 0 Å². The smallest absolute Gasteiger partial charge is 0.199 e. The third kappa shape index (κ3) is 1.41. The average Bonchev–Trinajstić information content (AvgIpc) is 3.00. The number of H-pyrrole nitrogens is 2. The Labute approximate surface area is 108 Å². The molecule has 0 atom stereocenters. The highest BCUT2D eigenvalue weighted by atomic mass is 16.3. The molecule has 5 heteroatoms. The Bertz CT molecular complexity index is 891. The van der Waals surface area contributed by atoms with Crippen molar-refractivity contribution in [3.8, 4) is 17.1 Å². The van der Waals surface area contributed by atoms with Crippen LogP contribution in [0.1, 0.15) is 0 Å². The number of hydrogen-bond acceptors (Lipinski definition) is 3. The maximum Gasteiger partial charge on any atom is 0.199 e. The Hall–Kier alpha value is -2.82. The van der Waals surface area contributed by atoms with Gasteiger partial charge in [0.1, 0.15) is 5.52 Å². The molecule has 0 aliphatic heterocycles. The van der Waals surface area contributed by atoms with Crippen LogP contribution in [0.25, 0.3) is 33.3 Å². The van der Waals surface area contributed by atoms with Crippen molar-refractivity contribution >= 4 is 22.1 Å². The summed E-state index contributed by atoms with van der Waals surface area (Å²) >= 11 is 0. The first-order valence-corrected chi connectivity index (χ1v) is 5.93. The lowest BCUT2D eigenvalue weighted by Gasteiger charge is -1.99. The summed E-state index contributed by atoms with van der Waals surface area (Å²) in [5.74, 6) is 0.132. The number of para-hydroxylation sites is 1. The van der Waals surface area contributed by atoms with E-state index in [1.807, 2.05) is 36.4 Å². The molecule has 0 unspecified atom stereocenters. The molecule has 4 aromatic rings. The van der Waals surface area contributed by atoms with Crippen LogP contribution in [-0.2, 0) is 0 Å². The van der Waals surface area contributed by atoms with E-state index in [1.54, 1.807) is 6.33 Å². The van der Waals surface area contributed by atoms with Crippen molar-refractivity contribution in [1.29, 1.82) is 0 Å². The molecule has 0 bridgehead atoms. The van der Waals surface area contributed by atoms with E-state index >= 15 is 0 Å². The number of aromatic nitrogens is 4. The number of hydrogen-bond donors (Lipinski definition) is 3. The van der Waals surface area contributed by atoms with Crippen molar-refractivity contribution in [2.45, 2.75) is 0 Å². The largest absolute Gasteiger partial charge is 0.494 e. The fraction of sp³-hybridized carbons (Fsp3) is 0. The van der Waals surface area contributed by atoms with Gasteiger partial charge in [0.2, 0.25) is 0 Å². The van der Waals surface area contributed by atoms with Crippen LogP contribution in [-0.4, -0.2) is 25.0 Å². The number of nitrogens with one attached hydrogen (secondary N) is 2. The maximum atomic E-state index is 10.1. The zero-order chi connectivity index (χ0) is 12.8. The molecule has 19 heavy (non-hydrogen) atoms. The molecule has 0 spiro atoms. The topological polar surface area (TPSA) is 77.6 Å². The summed E-state index contributed by atoms with van der Waals surface area (Å²) in [4.78, 5) is 14.6. The first kappa shape index (κ1) is 10.1. The number of fused-ring (bicyclic) bond motifs is 2. The van der Waals surface area contributed by atoms with Gasteiger partial charge in [-0.2, -0.15) is 0 Å². The van der Waals surface area contributed by atoms with E-state index in [1.165, 1.54) is 0 Å². The van der Waals surface area contributed by atoms with E-state index in [0.29, 0.717) is 16.9 Å². The molecule has 92 valence electrons. The quantitative estimate of drug-likeness (QED) is 0.486. The van der Waals surface area contributed by atoms with Crippen LogP contribution in [0.4, 0.5) is 0 Å². The van der Waals surface area contributed by atoms with Gasteiger partial charge in [-0.3, -0.25) is 0 Å². The molecule has 5 nitrogen and oxygen atoms in total. The van der Waals surface area contributed by atoms with E-state index in [0.717, 1.165) is 16.4 Å². The van der Waals surface area contributed by atoms with Crippen LogP contribution in [0.5, 0.6) is 5.88 Å². The Morgan fingerprint density at radius 1 is 1.05 bits per heavy atom. The van der Waals surface area contributed by atoms with E-state index in [-0.39, 0.29) is 5.88 Å². The molecule has 0 aliphatic rings. The second kappa shape index (κ2) is 3.58. The number of imidazole rings is 1. The normalized spacial score (nSPS) is 11.4. The van der Waals surface area contributed by atoms with E-state index in [4.69, 9.17) is 0 Å². The fourth-order valence-corrected chi connectivity index (χ4v) is 2.35. The summed E-state index contributed by atoms with van der Waals surface area (Å²) in [6, 6.07) is 11.5. The Morgan fingerprint density at radius 2 is 1.95 bits per heavy atom. The third-order valence-electron chi connectivity index (χ3n) is 3.22. The van der Waals surface area contributed by atoms with Gasteiger partial charge in [0.05, 0.1) is 17.6 Å². The Balaban J connectivity index is 2.05.